The van der Waals surface area contributed by atoms with Gasteiger partial charge in [-0.15, -0.1) is 10.2 Å². The van der Waals surface area contributed by atoms with Crippen molar-refractivity contribution in [1.29, 1.82) is 0 Å². The smallest absolute Gasteiger partial charge is 0.294 e. The maximum Gasteiger partial charge on any atom is 0.294 e. The first-order valence-electron chi connectivity index (χ1n) is 5.67. The molecule has 0 aliphatic heterocycles. The first-order chi connectivity index (χ1) is 8.56. The van der Waals surface area contributed by atoms with E-state index in [1.807, 2.05) is 0 Å². The fraction of sp³-hybridized carbons (Fsp3) is 0.600. The highest BCUT2D eigenvalue weighted by atomic mass is 32.2. The molecule has 0 saturated heterocycles. The maximum absolute atomic E-state index is 11.5. The lowest BCUT2D eigenvalue weighted by Gasteiger charge is -2.06. The van der Waals surface area contributed by atoms with Gasteiger partial charge in [0.15, 0.2) is 0 Å². The summed E-state index contributed by atoms with van der Waals surface area (Å²) >= 11 is 1.09. The normalized spacial score (nSPS) is 10.3. The Morgan fingerprint density at radius 3 is 2.89 bits per heavy atom. The van der Waals surface area contributed by atoms with Crippen molar-refractivity contribution in [1.82, 2.24) is 20.2 Å². The number of nitrogens with one attached hydrogen (secondary N) is 1. The van der Waals surface area contributed by atoms with Crippen molar-refractivity contribution in [3.8, 4) is 0 Å². The van der Waals surface area contributed by atoms with Gasteiger partial charge in [0.25, 0.3) is 5.56 Å². The zero-order valence-electron chi connectivity index (χ0n) is 10.5. The van der Waals surface area contributed by atoms with Gasteiger partial charge < -0.3 is 11.2 Å². The van der Waals surface area contributed by atoms with Crippen LogP contribution in [0.4, 0.5) is 0 Å². The zero-order valence-corrected chi connectivity index (χ0v) is 11.3. The molecule has 0 unspecified atom stereocenters. The molecule has 100 valence electrons. The minimum Gasteiger partial charge on any atom is -0.355 e. The molecule has 0 spiro atoms. The van der Waals surface area contributed by atoms with E-state index in [-0.39, 0.29) is 22.5 Å². The van der Waals surface area contributed by atoms with E-state index in [2.05, 4.69) is 22.4 Å². The fourth-order valence-electron chi connectivity index (χ4n) is 1.15. The van der Waals surface area contributed by atoms with Crippen molar-refractivity contribution < 1.29 is 4.79 Å². The predicted octanol–water partition coefficient (Wildman–Crippen LogP) is -0.331. The SMILES string of the molecule is CCCCNC(=O)CSc1nnc(C)c(=O)n1N. The molecular weight excluding hydrogens is 254 g/mol. The highest BCUT2D eigenvalue weighted by molar-refractivity contribution is 7.99. The molecule has 0 aromatic carbocycles. The Labute approximate surface area is 109 Å². The lowest BCUT2D eigenvalue weighted by atomic mass is 10.3. The number of carbonyl (C=O) groups is 1. The topological polar surface area (TPSA) is 103 Å². The summed E-state index contributed by atoms with van der Waals surface area (Å²) in [4.78, 5) is 22.9. The van der Waals surface area contributed by atoms with Crippen molar-refractivity contribution in [2.45, 2.75) is 31.8 Å². The molecule has 0 bridgehead atoms. The van der Waals surface area contributed by atoms with E-state index in [0.29, 0.717) is 6.54 Å². The van der Waals surface area contributed by atoms with E-state index in [4.69, 9.17) is 5.84 Å². The number of nitrogens with two attached hydrogens (primary N) is 1. The number of aromatic nitrogens is 3. The first-order valence-corrected chi connectivity index (χ1v) is 6.65. The van der Waals surface area contributed by atoms with Gasteiger partial charge in [0.2, 0.25) is 11.1 Å². The van der Waals surface area contributed by atoms with Crippen molar-refractivity contribution in [3.05, 3.63) is 16.0 Å². The number of nitrogen functional groups attached to an aromatic ring is 1. The number of unbranched alkanes of at least 4 members (excludes halogenated alkanes) is 1. The maximum atomic E-state index is 11.5. The van der Waals surface area contributed by atoms with Crippen LogP contribution in [0.15, 0.2) is 9.95 Å². The summed E-state index contributed by atoms with van der Waals surface area (Å²) in [6.45, 7) is 4.24. The van der Waals surface area contributed by atoms with E-state index in [0.717, 1.165) is 29.3 Å². The largest absolute Gasteiger partial charge is 0.355 e. The van der Waals surface area contributed by atoms with Crippen molar-refractivity contribution in [2.75, 3.05) is 18.1 Å². The quantitative estimate of drug-likeness (QED) is 0.417. The number of amides is 1. The van der Waals surface area contributed by atoms with Gasteiger partial charge in [-0.1, -0.05) is 25.1 Å². The van der Waals surface area contributed by atoms with Crippen LogP contribution in [-0.4, -0.2) is 33.1 Å². The summed E-state index contributed by atoms with van der Waals surface area (Å²) in [5.41, 5.74) is -0.173. The van der Waals surface area contributed by atoms with Crippen LogP contribution in [-0.2, 0) is 4.79 Å². The van der Waals surface area contributed by atoms with Crippen LogP contribution in [0.5, 0.6) is 0 Å². The van der Waals surface area contributed by atoms with E-state index in [9.17, 15) is 9.59 Å². The highest BCUT2D eigenvalue weighted by Crippen LogP contribution is 2.10. The van der Waals surface area contributed by atoms with Crippen molar-refractivity contribution in [3.63, 3.8) is 0 Å². The molecule has 1 rings (SSSR count). The van der Waals surface area contributed by atoms with Gasteiger partial charge in [-0.25, -0.2) is 0 Å². The number of hydrogen-bond acceptors (Lipinski definition) is 6. The van der Waals surface area contributed by atoms with Crippen LogP contribution < -0.4 is 16.7 Å². The third kappa shape index (κ3) is 4.02. The molecule has 7 nitrogen and oxygen atoms in total. The second-order valence-electron chi connectivity index (χ2n) is 3.74. The molecule has 0 saturated carbocycles. The first kappa shape index (κ1) is 14.5. The third-order valence-corrected chi connectivity index (χ3v) is 3.15. The Kier molecular flexibility index (Phi) is 5.63. The molecule has 8 heteroatoms. The van der Waals surface area contributed by atoms with Crippen molar-refractivity contribution >= 4 is 17.7 Å². The van der Waals surface area contributed by atoms with Crippen LogP contribution in [0, 0.1) is 6.92 Å². The summed E-state index contributed by atoms with van der Waals surface area (Å²) in [5.74, 6) is 5.60. The molecule has 0 atom stereocenters. The van der Waals surface area contributed by atoms with Gasteiger partial charge in [-0.3, -0.25) is 9.59 Å². The number of rotatable bonds is 6. The molecule has 3 N–H and O–H groups in total. The number of thioether (sulfide) groups is 1. The molecule has 1 amide bonds. The van der Waals surface area contributed by atoms with E-state index in [1.165, 1.54) is 6.92 Å². The van der Waals surface area contributed by atoms with Gasteiger partial charge in [-0.2, -0.15) is 4.68 Å². The molecule has 1 heterocycles. The molecule has 0 radical (unpaired) electrons. The lowest BCUT2D eigenvalue weighted by Crippen LogP contribution is -2.33. The molecule has 18 heavy (non-hydrogen) atoms. The molecule has 1 aromatic heterocycles. The van der Waals surface area contributed by atoms with E-state index < -0.39 is 5.56 Å². The summed E-state index contributed by atoms with van der Waals surface area (Å²) in [6, 6.07) is 0. The number of hydrogen-bond donors (Lipinski definition) is 2. The Morgan fingerprint density at radius 2 is 2.22 bits per heavy atom. The molecule has 0 aliphatic carbocycles. The second-order valence-corrected chi connectivity index (χ2v) is 4.68. The van der Waals surface area contributed by atoms with Crippen molar-refractivity contribution in [2.24, 2.45) is 0 Å². The standard InChI is InChI=1S/C10H17N5O2S/c1-3-4-5-12-8(16)6-18-10-14-13-7(2)9(17)15(10)11/h3-6,11H2,1-2H3,(H,12,16). The summed E-state index contributed by atoms with van der Waals surface area (Å²) in [6.07, 6.45) is 1.97. The Bertz CT molecular complexity index is 474. The Hall–Kier alpha value is -1.57. The minimum absolute atomic E-state index is 0.108. The molecule has 0 aliphatic rings. The summed E-state index contributed by atoms with van der Waals surface area (Å²) in [5, 5.41) is 10.5. The minimum atomic E-state index is -0.404. The zero-order chi connectivity index (χ0) is 13.5. The Morgan fingerprint density at radius 1 is 1.50 bits per heavy atom. The molecule has 1 aromatic rings. The van der Waals surface area contributed by atoms with Gasteiger partial charge in [-0.05, 0) is 13.3 Å². The van der Waals surface area contributed by atoms with Crippen LogP contribution in [0.3, 0.4) is 0 Å². The van der Waals surface area contributed by atoms with Gasteiger partial charge in [0.05, 0.1) is 5.75 Å². The summed E-state index contributed by atoms with van der Waals surface area (Å²) < 4.78 is 0.909. The number of nitrogens with zero attached hydrogens (tertiary/aromatic N) is 3. The number of aryl methyl sites for hydroxylation is 1. The van der Waals surface area contributed by atoms with Gasteiger partial charge >= 0.3 is 0 Å². The van der Waals surface area contributed by atoms with Crippen LogP contribution in [0.25, 0.3) is 0 Å². The summed E-state index contributed by atoms with van der Waals surface area (Å²) in [7, 11) is 0. The fourth-order valence-corrected chi connectivity index (χ4v) is 1.84. The molecular formula is C10H17N5O2S. The van der Waals surface area contributed by atoms with Gasteiger partial charge in [0, 0.05) is 6.54 Å². The monoisotopic (exact) mass is 271 g/mol. The predicted molar refractivity (Wildman–Crippen MR) is 69.8 cm³/mol. The lowest BCUT2D eigenvalue weighted by molar-refractivity contribution is -0.118. The highest BCUT2D eigenvalue weighted by Gasteiger charge is 2.09. The van der Waals surface area contributed by atoms with Crippen LogP contribution in [0.2, 0.25) is 0 Å². The average Bonchev–Trinajstić information content (AvgIpc) is 2.35. The van der Waals surface area contributed by atoms with Gasteiger partial charge in [0.1, 0.15) is 5.69 Å². The third-order valence-electron chi connectivity index (χ3n) is 2.20. The second kappa shape index (κ2) is 7.00. The van der Waals surface area contributed by atoms with Crippen LogP contribution in [0.1, 0.15) is 25.5 Å². The van der Waals surface area contributed by atoms with E-state index in [1.54, 1.807) is 0 Å². The van der Waals surface area contributed by atoms with E-state index >= 15 is 0 Å². The van der Waals surface area contributed by atoms with Crippen LogP contribution >= 0.6 is 11.8 Å². The molecule has 0 fully saturated rings. The average molecular weight is 271 g/mol. The Balaban J connectivity index is 2.51. The number of carbonyl (C=O) groups excluding carboxylic acids is 1.